The number of rotatable bonds is 5. The van der Waals surface area contributed by atoms with Crippen LogP contribution < -0.4 is 4.74 Å². The van der Waals surface area contributed by atoms with E-state index in [9.17, 15) is 18.0 Å². The van der Waals surface area contributed by atoms with E-state index in [4.69, 9.17) is 14.0 Å². The van der Waals surface area contributed by atoms with Gasteiger partial charge in [-0.05, 0) is 31.4 Å². The summed E-state index contributed by atoms with van der Waals surface area (Å²) in [7, 11) is -2.77. The number of esters is 1. The average molecular weight is 408 g/mol. The third kappa shape index (κ3) is 3.03. The van der Waals surface area contributed by atoms with E-state index >= 15 is 0 Å². The monoisotopic (exact) mass is 408 g/mol. The second-order valence-corrected chi connectivity index (χ2v) is 8.49. The van der Waals surface area contributed by atoms with Gasteiger partial charge in [0.1, 0.15) is 22.0 Å². The maximum absolute atomic E-state index is 12.9. The number of carbonyl (C=O) groups excluding carboxylic acids is 2. The molecule has 0 fully saturated rings. The Bertz CT molecular complexity index is 1050. The second-order valence-electron chi connectivity index (χ2n) is 6.66. The van der Waals surface area contributed by atoms with E-state index in [1.165, 1.54) is 20.1 Å². The zero-order chi connectivity index (χ0) is 20.8. The van der Waals surface area contributed by atoms with Gasteiger partial charge in [-0.2, -0.15) is 4.31 Å². The van der Waals surface area contributed by atoms with Crippen molar-refractivity contribution in [3.05, 3.63) is 40.3 Å². The third-order valence-corrected chi connectivity index (χ3v) is 6.25. The Morgan fingerprint density at radius 2 is 1.96 bits per heavy atom. The van der Waals surface area contributed by atoms with Crippen LogP contribution in [0.25, 0.3) is 0 Å². The molecule has 2 heterocycles. The highest BCUT2D eigenvalue weighted by molar-refractivity contribution is 7.90. The highest BCUT2D eigenvalue weighted by Gasteiger charge is 2.44. The summed E-state index contributed by atoms with van der Waals surface area (Å²) in [4.78, 5) is 25.0. The van der Waals surface area contributed by atoms with Gasteiger partial charge in [0.05, 0.1) is 18.4 Å². The Hall–Kier alpha value is -2.88. The van der Waals surface area contributed by atoms with Crippen molar-refractivity contribution >= 4 is 21.9 Å². The molecule has 1 aliphatic rings. The second kappa shape index (κ2) is 6.93. The molecule has 28 heavy (non-hydrogen) atoms. The van der Waals surface area contributed by atoms with Crippen LogP contribution in [0.3, 0.4) is 0 Å². The highest BCUT2D eigenvalue weighted by atomic mass is 32.2. The molecule has 1 aromatic carbocycles. The minimum Gasteiger partial charge on any atom is -0.497 e. The standard InChI is InChI=1S/C18H20N2O7S/c1-9(2)13-6-12(25-5)7-14-16(13)17(21)20(28(14,23)24)8-26-18(22)15-10(3)19-27-11(15)4/h6-7,9H,8H2,1-5H3. The lowest BCUT2D eigenvalue weighted by atomic mass is 9.96. The van der Waals surface area contributed by atoms with Gasteiger partial charge in [-0.15, -0.1) is 0 Å². The summed E-state index contributed by atoms with van der Waals surface area (Å²) in [5.74, 6) is -1.11. The first-order valence-electron chi connectivity index (χ1n) is 8.48. The molecule has 0 radical (unpaired) electrons. The first-order chi connectivity index (χ1) is 13.1. The molecule has 2 aromatic rings. The number of aryl methyl sites for hydroxylation is 2. The lowest BCUT2D eigenvalue weighted by Gasteiger charge is -2.15. The van der Waals surface area contributed by atoms with Crippen molar-refractivity contribution in [2.45, 2.75) is 38.5 Å². The van der Waals surface area contributed by atoms with Crippen molar-refractivity contribution in [2.24, 2.45) is 0 Å². The summed E-state index contributed by atoms with van der Waals surface area (Å²) >= 11 is 0. The van der Waals surface area contributed by atoms with Crippen LogP contribution in [0.2, 0.25) is 0 Å². The number of carbonyl (C=O) groups is 2. The lowest BCUT2D eigenvalue weighted by Crippen LogP contribution is -2.33. The van der Waals surface area contributed by atoms with Crippen molar-refractivity contribution < 1.29 is 32.0 Å². The Balaban J connectivity index is 1.95. The SMILES string of the molecule is COc1cc(C(C)C)c2c(c1)S(=O)(=O)N(COC(=O)c1c(C)noc1C)C2=O. The highest BCUT2D eigenvalue weighted by Crippen LogP contribution is 2.38. The predicted molar refractivity (Wildman–Crippen MR) is 96.7 cm³/mol. The fraction of sp³-hybridized carbons (Fsp3) is 0.389. The molecule has 0 spiro atoms. The fourth-order valence-corrected chi connectivity index (χ4v) is 4.53. The number of fused-ring (bicyclic) bond motifs is 1. The molecule has 0 saturated carbocycles. The molecule has 3 rings (SSSR count). The van der Waals surface area contributed by atoms with Crippen LogP contribution in [0.4, 0.5) is 0 Å². The van der Waals surface area contributed by atoms with Gasteiger partial charge < -0.3 is 14.0 Å². The molecule has 0 aliphatic carbocycles. The number of sulfonamides is 1. The average Bonchev–Trinajstić information content (AvgIpc) is 3.06. The van der Waals surface area contributed by atoms with Crippen LogP contribution in [-0.4, -0.2) is 43.6 Å². The number of hydrogen-bond donors (Lipinski definition) is 0. The minimum atomic E-state index is -4.18. The molecule has 1 aliphatic heterocycles. The van der Waals surface area contributed by atoms with Crippen molar-refractivity contribution in [2.75, 3.05) is 13.8 Å². The van der Waals surface area contributed by atoms with E-state index in [1.54, 1.807) is 13.0 Å². The van der Waals surface area contributed by atoms with E-state index in [-0.39, 0.29) is 27.7 Å². The number of methoxy groups -OCH3 is 1. The van der Waals surface area contributed by atoms with Crippen LogP contribution in [-0.2, 0) is 14.8 Å². The minimum absolute atomic E-state index is 0.0733. The van der Waals surface area contributed by atoms with E-state index < -0.39 is 28.6 Å². The largest absolute Gasteiger partial charge is 0.497 e. The summed E-state index contributed by atoms with van der Waals surface area (Å²) in [5, 5.41) is 3.65. The molecular weight excluding hydrogens is 388 g/mol. The number of hydrogen-bond acceptors (Lipinski definition) is 8. The first-order valence-corrected chi connectivity index (χ1v) is 9.92. The number of ether oxygens (including phenoxy) is 2. The molecular formula is C18H20N2O7S. The lowest BCUT2D eigenvalue weighted by molar-refractivity contribution is 0.0355. The van der Waals surface area contributed by atoms with Gasteiger partial charge in [0.25, 0.3) is 15.9 Å². The molecule has 0 saturated heterocycles. The molecule has 9 nitrogen and oxygen atoms in total. The Morgan fingerprint density at radius 3 is 2.50 bits per heavy atom. The van der Waals surface area contributed by atoms with Crippen LogP contribution in [0.5, 0.6) is 5.75 Å². The topological polar surface area (TPSA) is 116 Å². The quantitative estimate of drug-likeness (QED) is 0.693. The van der Waals surface area contributed by atoms with Crippen molar-refractivity contribution in [3.63, 3.8) is 0 Å². The van der Waals surface area contributed by atoms with Gasteiger partial charge in [0, 0.05) is 6.07 Å². The zero-order valence-corrected chi connectivity index (χ0v) is 16.9. The van der Waals surface area contributed by atoms with Gasteiger partial charge in [-0.3, -0.25) is 4.79 Å². The summed E-state index contributed by atoms with van der Waals surface area (Å²) in [6, 6.07) is 2.93. The number of aromatic nitrogens is 1. The van der Waals surface area contributed by atoms with Gasteiger partial charge in [0.15, 0.2) is 6.73 Å². The molecule has 1 aromatic heterocycles. The molecule has 1 amide bonds. The third-order valence-electron chi connectivity index (χ3n) is 4.52. The van der Waals surface area contributed by atoms with Crippen molar-refractivity contribution in [1.29, 1.82) is 0 Å². The van der Waals surface area contributed by atoms with E-state index in [0.29, 0.717) is 21.3 Å². The molecule has 0 N–H and O–H groups in total. The summed E-state index contributed by atoms with van der Waals surface area (Å²) in [5.41, 5.74) is 1.03. The van der Waals surface area contributed by atoms with E-state index in [2.05, 4.69) is 5.16 Å². The number of benzene rings is 1. The van der Waals surface area contributed by atoms with Crippen molar-refractivity contribution in [3.8, 4) is 5.75 Å². The summed E-state index contributed by atoms with van der Waals surface area (Å²) < 4.78 is 41.5. The fourth-order valence-electron chi connectivity index (χ4n) is 3.06. The van der Waals surface area contributed by atoms with Gasteiger partial charge in [-0.1, -0.05) is 19.0 Å². The smallest absolute Gasteiger partial charge is 0.345 e. The molecule has 150 valence electrons. The van der Waals surface area contributed by atoms with Crippen molar-refractivity contribution in [1.82, 2.24) is 9.46 Å². The van der Waals surface area contributed by atoms with Gasteiger partial charge in [-0.25, -0.2) is 13.2 Å². The first kappa shape index (κ1) is 19.9. The van der Waals surface area contributed by atoms with Crippen LogP contribution in [0, 0.1) is 13.8 Å². The molecule has 0 unspecified atom stereocenters. The normalized spacial score (nSPS) is 15.1. The summed E-state index contributed by atoms with van der Waals surface area (Å²) in [6.45, 7) is 6.02. The van der Waals surface area contributed by atoms with Crippen LogP contribution in [0.1, 0.15) is 57.5 Å². The Morgan fingerprint density at radius 1 is 1.29 bits per heavy atom. The van der Waals surface area contributed by atoms with E-state index in [0.717, 1.165) is 0 Å². The Labute approximate surface area is 162 Å². The maximum atomic E-state index is 12.9. The van der Waals surface area contributed by atoms with Gasteiger partial charge >= 0.3 is 5.97 Å². The summed E-state index contributed by atoms with van der Waals surface area (Å²) in [6.07, 6.45) is 0. The number of amides is 1. The van der Waals surface area contributed by atoms with Crippen LogP contribution >= 0.6 is 0 Å². The van der Waals surface area contributed by atoms with E-state index in [1.807, 2.05) is 13.8 Å². The molecule has 0 bridgehead atoms. The van der Waals surface area contributed by atoms with Gasteiger partial charge in [0.2, 0.25) is 0 Å². The molecule has 0 atom stereocenters. The number of nitrogens with zero attached hydrogens (tertiary/aromatic N) is 2. The zero-order valence-electron chi connectivity index (χ0n) is 16.1. The van der Waals surface area contributed by atoms with Crippen LogP contribution in [0.15, 0.2) is 21.6 Å². The maximum Gasteiger partial charge on any atom is 0.345 e. The Kier molecular flexibility index (Phi) is 4.92. The molecule has 10 heteroatoms. The predicted octanol–water partition coefficient (Wildman–Crippen LogP) is 2.38.